The van der Waals surface area contributed by atoms with E-state index in [0.29, 0.717) is 0 Å². The number of aromatic nitrogens is 3. The van der Waals surface area contributed by atoms with Gasteiger partial charge in [-0.2, -0.15) is 0 Å². The van der Waals surface area contributed by atoms with Crippen molar-refractivity contribution in [1.29, 1.82) is 0 Å². The van der Waals surface area contributed by atoms with E-state index in [4.69, 9.17) is 0 Å². The van der Waals surface area contributed by atoms with Crippen LogP contribution in [-0.4, -0.2) is 39.3 Å². The van der Waals surface area contributed by atoms with E-state index < -0.39 is 0 Å². The molecule has 0 saturated carbocycles. The van der Waals surface area contributed by atoms with Gasteiger partial charge in [0.15, 0.2) is 0 Å². The Morgan fingerprint density at radius 3 is 2.67 bits per heavy atom. The molecule has 0 aliphatic carbocycles. The van der Waals surface area contributed by atoms with Gasteiger partial charge >= 0.3 is 0 Å². The third-order valence-electron chi connectivity index (χ3n) is 5.46. The van der Waals surface area contributed by atoms with E-state index in [0.717, 1.165) is 56.5 Å². The SMILES string of the molecule is CC(C)=CCCC(C)CN1CCc2nnc(CCc3ccccc3)n2CC1. The van der Waals surface area contributed by atoms with Gasteiger partial charge in [0, 0.05) is 39.0 Å². The molecule has 2 heterocycles. The lowest BCUT2D eigenvalue weighted by molar-refractivity contribution is 0.236. The standard InChI is InChI=1S/C23H34N4/c1-19(2)8-7-9-20(3)18-26-15-14-23-25-24-22(27(23)17-16-26)13-12-21-10-5-4-6-11-21/h4-6,8,10-11,20H,7,9,12-18H2,1-3H3. The number of allylic oxidation sites excluding steroid dienone is 2. The summed E-state index contributed by atoms with van der Waals surface area (Å²) in [6.45, 7) is 11.2. The summed E-state index contributed by atoms with van der Waals surface area (Å²) >= 11 is 0. The fourth-order valence-corrected chi connectivity index (χ4v) is 3.88. The predicted molar refractivity (Wildman–Crippen MR) is 112 cm³/mol. The highest BCUT2D eigenvalue weighted by Gasteiger charge is 2.19. The first-order chi connectivity index (χ1) is 13.1. The Kier molecular flexibility index (Phi) is 7.22. The largest absolute Gasteiger partial charge is 0.314 e. The average Bonchev–Trinajstić information content (AvgIpc) is 2.93. The van der Waals surface area contributed by atoms with Crippen LogP contribution in [0.1, 0.15) is 50.8 Å². The highest BCUT2D eigenvalue weighted by atomic mass is 15.3. The van der Waals surface area contributed by atoms with Crippen molar-refractivity contribution < 1.29 is 0 Å². The number of aryl methyl sites for hydroxylation is 2. The minimum Gasteiger partial charge on any atom is -0.314 e. The van der Waals surface area contributed by atoms with E-state index in [2.05, 4.69) is 76.8 Å². The zero-order valence-corrected chi connectivity index (χ0v) is 17.2. The van der Waals surface area contributed by atoms with E-state index in [9.17, 15) is 0 Å². The van der Waals surface area contributed by atoms with Gasteiger partial charge in [-0.15, -0.1) is 10.2 Å². The second-order valence-electron chi connectivity index (χ2n) is 8.18. The molecule has 0 fully saturated rings. The lowest BCUT2D eigenvalue weighted by atomic mass is 10.0. The Morgan fingerprint density at radius 1 is 1.07 bits per heavy atom. The monoisotopic (exact) mass is 366 g/mol. The van der Waals surface area contributed by atoms with Crippen LogP contribution < -0.4 is 0 Å². The molecule has 1 atom stereocenters. The average molecular weight is 367 g/mol. The zero-order valence-electron chi connectivity index (χ0n) is 17.2. The van der Waals surface area contributed by atoms with Crippen molar-refractivity contribution in [3.63, 3.8) is 0 Å². The first-order valence-electron chi connectivity index (χ1n) is 10.4. The summed E-state index contributed by atoms with van der Waals surface area (Å²) in [6, 6.07) is 10.7. The second kappa shape index (κ2) is 9.84. The van der Waals surface area contributed by atoms with Crippen molar-refractivity contribution in [2.75, 3.05) is 19.6 Å². The summed E-state index contributed by atoms with van der Waals surface area (Å²) in [7, 11) is 0. The first kappa shape index (κ1) is 19.8. The van der Waals surface area contributed by atoms with Crippen LogP contribution in [0, 0.1) is 5.92 Å². The van der Waals surface area contributed by atoms with Crippen LogP contribution in [-0.2, 0) is 25.8 Å². The maximum atomic E-state index is 4.49. The van der Waals surface area contributed by atoms with E-state index in [-0.39, 0.29) is 0 Å². The third-order valence-corrected chi connectivity index (χ3v) is 5.46. The summed E-state index contributed by atoms with van der Waals surface area (Å²) in [5.41, 5.74) is 2.80. The quantitative estimate of drug-likeness (QED) is 0.653. The lowest BCUT2D eigenvalue weighted by Crippen LogP contribution is -2.31. The molecule has 0 amide bonds. The summed E-state index contributed by atoms with van der Waals surface area (Å²) in [5, 5.41) is 8.98. The lowest BCUT2D eigenvalue weighted by Gasteiger charge is -2.23. The topological polar surface area (TPSA) is 34.0 Å². The molecule has 146 valence electrons. The highest BCUT2D eigenvalue weighted by molar-refractivity contribution is 5.15. The van der Waals surface area contributed by atoms with Gasteiger partial charge in [-0.1, -0.05) is 48.9 Å². The Hall–Kier alpha value is -1.94. The Balaban J connectivity index is 1.51. The van der Waals surface area contributed by atoms with Crippen molar-refractivity contribution in [1.82, 2.24) is 19.7 Å². The maximum Gasteiger partial charge on any atom is 0.134 e. The Labute approximate surface area is 164 Å². The van der Waals surface area contributed by atoms with Crippen molar-refractivity contribution in [3.8, 4) is 0 Å². The molecular formula is C23H34N4. The van der Waals surface area contributed by atoms with Crippen LogP contribution in [0.3, 0.4) is 0 Å². The summed E-state index contributed by atoms with van der Waals surface area (Å²) in [6.07, 6.45) is 7.85. The van der Waals surface area contributed by atoms with E-state index >= 15 is 0 Å². The number of hydrogen-bond donors (Lipinski definition) is 0. The molecular weight excluding hydrogens is 332 g/mol. The number of nitrogens with zero attached hydrogens (tertiary/aromatic N) is 4. The minimum absolute atomic E-state index is 0.738. The van der Waals surface area contributed by atoms with Crippen molar-refractivity contribution >= 4 is 0 Å². The molecule has 1 aromatic carbocycles. The van der Waals surface area contributed by atoms with Crippen LogP contribution in [0.4, 0.5) is 0 Å². The molecule has 0 N–H and O–H groups in total. The van der Waals surface area contributed by atoms with Crippen LogP contribution >= 0.6 is 0 Å². The van der Waals surface area contributed by atoms with Crippen LogP contribution in [0.15, 0.2) is 42.0 Å². The molecule has 1 unspecified atom stereocenters. The molecule has 1 aromatic heterocycles. The van der Waals surface area contributed by atoms with Crippen LogP contribution in [0.25, 0.3) is 0 Å². The summed E-state index contributed by atoms with van der Waals surface area (Å²) < 4.78 is 2.37. The van der Waals surface area contributed by atoms with Crippen molar-refractivity contribution in [2.45, 2.75) is 59.4 Å². The van der Waals surface area contributed by atoms with Gasteiger partial charge in [-0.3, -0.25) is 0 Å². The second-order valence-corrected chi connectivity index (χ2v) is 8.18. The number of rotatable bonds is 8. The molecule has 4 heteroatoms. The molecule has 2 aromatic rings. The van der Waals surface area contributed by atoms with Gasteiger partial charge in [0.25, 0.3) is 0 Å². The molecule has 0 spiro atoms. The molecule has 1 aliphatic rings. The normalized spacial score (nSPS) is 15.8. The number of benzene rings is 1. The molecule has 27 heavy (non-hydrogen) atoms. The van der Waals surface area contributed by atoms with Gasteiger partial charge in [0.05, 0.1) is 0 Å². The molecule has 4 nitrogen and oxygen atoms in total. The molecule has 0 saturated heterocycles. The predicted octanol–water partition coefficient (Wildman–Crippen LogP) is 4.30. The minimum atomic E-state index is 0.738. The molecule has 0 bridgehead atoms. The maximum absolute atomic E-state index is 4.49. The van der Waals surface area contributed by atoms with E-state index in [1.54, 1.807) is 0 Å². The van der Waals surface area contributed by atoms with Gasteiger partial charge < -0.3 is 9.47 Å². The number of hydrogen-bond acceptors (Lipinski definition) is 3. The highest BCUT2D eigenvalue weighted by Crippen LogP contribution is 2.15. The summed E-state index contributed by atoms with van der Waals surface area (Å²) in [5.74, 6) is 3.05. The van der Waals surface area contributed by atoms with Crippen LogP contribution in [0.2, 0.25) is 0 Å². The first-order valence-corrected chi connectivity index (χ1v) is 10.4. The van der Waals surface area contributed by atoms with Crippen LogP contribution in [0.5, 0.6) is 0 Å². The van der Waals surface area contributed by atoms with E-state index in [1.165, 1.54) is 30.5 Å². The van der Waals surface area contributed by atoms with E-state index in [1.807, 2.05) is 0 Å². The Morgan fingerprint density at radius 2 is 1.89 bits per heavy atom. The third kappa shape index (κ3) is 6.03. The van der Waals surface area contributed by atoms with Gasteiger partial charge in [-0.05, 0) is 44.6 Å². The van der Waals surface area contributed by atoms with Gasteiger partial charge in [-0.25, -0.2) is 0 Å². The van der Waals surface area contributed by atoms with Gasteiger partial charge in [0.2, 0.25) is 0 Å². The smallest absolute Gasteiger partial charge is 0.134 e. The van der Waals surface area contributed by atoms with Crippen molar-refractivity contribution in [3.05, 3.63) is 59.2 Å². The molecule has 3 rings (SSSR count). The zero-order chi connectivity index (χ0) is 19.1. The Bertz CT molecular complexity index is 728. The molecule has 1 aliphatic heterocycles. The molecule has 0 radical (unpaired) electrons. The van der Waals surface area contributed by atoms with Crippen molar-refractivity contribution in [2.24, 2.45) is 5.92 Å². The summed E-state index contributed by atoms with van der Waals surface area (Å²) in [4.78, 5) is 2.61. The fraction of sp³-hybridized carbons (Fsp3) is 0.565. The fourth-order valence-electron chi connectivity index (χ4n) is 3.88. The number of fused-ring (bicyclic) bond motifs is 1. The van der Waals surface area contributed by atoms with Gasteiger partial charge in [0.1, 0.15) is 11.6 Å².